The van der Waals surface area contributed by atoms with Gasteiger partial charge in [0.15, 0.2) is 17.8 Å². The van der Waals surface area contributed by atoms with E-state index in [0.717, 1.165) is 5.01 Å². The summed E-state index contributed by atoms with van der Waals surface area (Å²) in [5.74, 6) is -1.27. The Labute approximate surface area is 182 Å². The number of benzene rings is 2. The van der Waals surface area contributed by atoms with Crippen LogP contribution in [0.5, 0.6) is 11.5 Å². The van der Waals surface area contributed by atoms with Crippen LogP contribution >= 0.6 is 0 Å². The molecule has 0 bridgehead atoms. The molecule has 0 aromatic heterocycles. The zero-order chi connectivity index (χ0) is 22.2. The molecular weight excluding hydrogens is 421 g/mol. The van der Waals surface area contributed by atoms with E-state index < -0.39 is 24.0 Å². The topological polar surface area (TPSA) is 103 Å². The Morgan fingerprint density at radius 1 is 1.00 bits per heavy atom. The number of nitrogens with one attached hydrogen (secondary N) is 2. The van der Waals surface area contributed by atoms with E-state index in [1.54, 1.807) is 30.3 Å². The molecular formula is C21H20FN5O5. The Morgan fingerprint density at radius 3 is 2.50 bits per heavy atom. The van der Waals surface area contributed by atoms with Gasteiger partial charge in [0.2, 0.25) is 5.91 Å². The van der Waals surface area contributed by atoms with Gasteiger partial charge < -0.3 is 19.7 Å². The zero-order valence-electron chi connectivity index (χ0n) is 16.9. The fourth-order valence-corrected chi connectivity index (χ4v) is 3.90. The third-order valence-corrected chi connectivity index (χ3v) is 5.42. The van der Waals surface area contributed by atoms with Crippen LogP contribution in [0.4, 0.5) is 15.8 Å². The maximum Gasteiger partial charge on any atom is 0.326 e. The summed E-state index contributed by atoms with van der Waals surface area (Å²) in [7, 11) is 0. The van der Waals surface area contributed by atoms with E-state index in [2.05, 4.69) is 10.7 Å². The van der Waals surface area contributed by atoms with Gasteiger partial charge in [0.1, 0.15) is 25.6 Å². The fourth-order valence-electron chi connectivity index (χ4n) is 3.90. The lowest BCUT2D eigenvalue weighted by molar-refractivity contribution is -0.163. The minimum atomic E-state index is -0.820. The van der Waals surface area contributed by atoms with Crippen molar-refractivity contribution in [2.75, 3.05) is 43.1 Å². The summed E-state index contributed by atoms with van der Waals surface area (Å²) in [5, 5.41) is 3.69. The first-order valence-electron chi connectivity index (χ1n) is 10.1. The van der Waals surface area contributed by atoms with Crippen molar-refractivity contribution in [3.8, 4) is 11.5 Å². The van der Waals surface area contributed by atoms with Gasteiger partial charge in [-0.1, -0.05) is 0 Å². The third-order valence-electron chi connectivity index (χ3n) is 5.42. The lowest BCUT2D eigenvalue weighted by Crippen LogP contribution is -2.68. The quantitative estimate of drug-likeness (QED) is 0.667. The molecule has 0 aliphatic carbocycles. The Hall–Kier alpha value is -3.86. The van der Waals surface area contributed by atoms with E-state index in [4.69, 9.17) is 9.47 Å². The summed E-state index contributed by atoms with van der Waals surface area (Å²) >= 11 is 0. The van der Waals surface area contributed by atoms with Crippen LogP contribution in [0.15, 0.2) is 42.5 Å². The normalized spacial score (nSPS) is 19.8. The highest BCUT2D eigenvalue weighted by Gasteiger charge is 2.45. The van der Waals surface area contributed by atoms with Crippen molar-refractivity contribution in [1.82, 2.24) is 15.3 Å². The lowest BCUT2D eigenvalue weighted by atomic mass is 10.2. The van der Waals surface area contributed by atoms with Crippen LogP contribution in [0, 0.1) is 5.82 Å². The second-order valence-corrected chi connectivity index (χ2v) is 7.47. The number of hydrazine groups is 1. The van der Waals surface area contributed by atoms with E-state index in [-0.39, 0.29) is 12.4 Å². The molecule has 0 radical (unpaired) electrons. The van der Waals surface area contributed by atoms with Crippen LogP contribution in [0.2, 0.25) is 0 Å². The number of carbonyl (C=O) groups is 3. The monoisotopic (exact) mass is 441 g/mol. The fraction of sp³-hybridized carbons (Fsp3) is 0.286. The van der Waals surface area contributed by atoms with Crippen LogP contribution < -0.4 is 25.1 Å². The largest absolute Gasteiger partial charge is 0.486 e. The molecule has 10 nitrogen and oxygen atoms in total. The van der Waals surface area contributed by atoms with Crippen LogP contribution in [0.3, 0.4) is 0 Å². The first-order chi connectivity index (χ1) is 15.5. The lowest BCUT2D eigenvalue weighted by Gasteiger charge is -2.40. The van der Waals surface area contributed by atoms with Crippen molar-refractivity contribution in [1.29, 1.82) is 0 Å². The van der Waals surface area contributed by atoms with Gasteiger partial charge in [0.25, 0.3) is 0 Å². The van der Waals surface area contributed by atoms with Gasteiger partial charge in [-0.3, -0.25) is 24.3 Å². The molecule has 3 amide bonds. The van der Waals surface area contributed by atoms with Gasteiger partial charge in [0.05, 0.1) is 0 Å². The summed E-state index contributed by atoms with van der Waals surface area (Å²) in [4.78, 5) is 40.9. The molecule has 1 unspecified atom stereocenters. The summed E-state index contributed by atoms with van der Waals surface area (Å²) < 4.78 is 24.2. The van der Waals surface area contributed by atoms with Gasteiger partial charge in [-0.05, 0) is 36.4 Å². The van der Waals surface area contributed by atoms with E-state index in [1.807, 2.05) is 4.90 Å². The number of ether oxygens (including phenoxy) is 2. The van der Waals surface area contributed by atoms with Crippen LogP contribution in [0.1, 0.15) is 0 Å². The van der Waals surface area contributed by atoms with Crippen molar-refractivity contribution in [3.05, 3.63) is 48.3 Å². The predicted octanol–water partition coefficient (Wildman–Crippen LogP) is 0.515. The van der Waals surface area contributed by atoms with Gasteiger partial charge >= 0.3 is 11.8 Å². The number of nitrogens with zero attached hydrogens (tertiary/aromatic N) is 3. The van der Waals surface area contributed by atoms with Gasteiger partial charge in [-0.25, -0.2) is 4.39 Å². The zero-order valence-corrected chi connectivity index (χ0v) is 16.9. The molecule has 3 heterocycles. The molecule has 2 N–H and O–H groups in total. The highest BCUT2D eigenvalue weighted by molar-refractivity contribution is 6.35. The summed E-state index contributed by atoms with van der Waals surface area (Å²) in [6.45, 7) is 1.29. The Balaban J connectivity index is 1.28. The maximum atomic E-state index is 13.3. The SMILES string of the molecule is O=C(CN1NC2N(CCN2c2ccc(F)cc2)C(=O)C1=O)Nc1ccc2c(c1)OCCO2. The second-order valence-electron chi connectivity index (χ2n) is 7.47. The number of carbonyl (C=O) groups excluding carboxylic acids is 3. The van der Waals surface area contributed by atoms with Gasteiger partial charge in [-0.15, -0.1) is 0 Å². The minimum Gasteiger partial charge on any atom is -0.486 e. The number of hydrogen-bond donors (Lipinski definition) is 2. The van der Waals surface area contributed by atoms with Gasteiger partial charge in [-0.2, -0.15) is 5.43 Å². The van der Waals surface area contributed by atoms with E-state index in [9.17, 15) is 18.8 Å². The number of halogens is 1. The molecule has 3 aliphatic heterocycles. The molecule has 166 valence electrons. The van der Waals surface area contributed by atoms with Crippen LogP contribution in [-0.4, -0.2) is 66.8 Å². The number of hydrogen-bond acceptors (Lipinski definition) is 7. The van der Waals surface area contributed by atoms with Crippen LogP contribution in [0.25, 0.3) is 0 Å². The van der Waals surface area contributed by atoms with Crippen molar-refractivity contribution in [3.63, 3.8) is 0 Å². The molecule has 1 atom stereocenters. The first-order valence-corrected chi connectivity index (χ1v) is 10.1. The molecule has 2 aromatic rings. The minimum absolute atomic E-state index is 0.330. The molecule has 2 aromatic carbocycles. The van der Waals surface area contributed by atoms with Crippen molar-refractivity contribution >= 4 is 29.1 Å². The molecule has 3 aliphatic rings. The number of rotatable bonds is 4. The highest BCUT2D eigenvalue weighted by atomic mass is 19.1. The molecule has 2 fully saturated rings. The molecule has 2 saturated heterocycles. The van der Waals surface area contributed by atoms with E-state index in [0.29, 0.717) is 49.2 Å². The molecule has 32 heavy (non-hydrogen) atoms. The average molecular weight is 441 g/mol. The average Bonchev–Trinajstić information content (AvgIpc) is 3.21. The first kappa shape index (κ1) is 20.1. The standard InChI is InChI=1S/C21H20FN5O5/c22-13-1-4-15(5-2-13)25-7-8-26-19(29)20(30)27(24-21(25)26)12-18(28)23-14-3-6-16-17(11-14)32-10-9-31-16/h1-6,11,21,24H,7-10,12H2,(H,23,28). The molecule has 0 spiro atoms. The Kier molecular flexibility index (Phi) is 5.02. The smallest absolute Gasteiger partial charge is 0.326 e. The Bertz CT molecular complexity index is 1080. The predicted molar refractivity (Wildman–Crippen MR) is 110 cm³/mol. The van der Waals surface area contributed by atoms with Crippen molar-refractivity contribution < 1.29 is 28.2 Å². The summed E-state index contributed by atoms with van der Waals surface area (Å²) in [5.41, 5.74) is 4.11. The number of anilines is 2. The Morgan fingerprint density at radius 2 is 1.72 bits per heavy atom. The highest BCUT2D eigenvalue weighted by Crippen LogP contribution is 2.32. The molecule has 0 saturated carbocycles. The number of amides is 3. The number of fused-ring (bicyclic) bond motifs is 2. The summed E-state index contributed by atoms with van der Waals surface area (Å²) in [6, 6.07) is 10.8. The summed E-state index contributed by atoms with van der Waals surface area (Å²) in [6.07, 6.45) is -0.659. The van der Waals surface area contributed by atoms with Crippen molar-refractivity contribution in [2.45, 2.75) is 6.29 Å². The van der Waals surface area contributed by atoms with Crippen LogP contribution in [-0.2, 0) is 14.4 Å². The van der Waals surface area contributed by atoms with E-state index in [1.165, 1.54) is 17.0 Å². The second kappa shape index (κ2) is 8.00. The molecule has 5 rings (SSSR count). The van der Waals surface area contributed by atoms with Gasteiger partial charge in [0, 0.05) is 30.5 Å². The third kappa shape index (κ3) is 3.66. The van der Waals surface area contributed by atoms with Crippen molar-refractivity contribution in [2.24, 2.45) is 0 Å². The van der Waals surface area contributed by atoms with E-state index >= 15 is 0 Å². The maximum absolute atomic E-state index is 13.3. The molecule has 11 heteroatoms.